The van der Waals surface area contributed by atoms with Gasteiger partial charge in [-0.1, -0.05) is 23.7 Å². The molecule has 0 saturated heterocycles. The minimum absolute atomic E-state index is 0.0272. The Hall–Kier alpha value is -3.85. The molecule has 33 heavy (non-hydrogen) atoms. The predicted octanol–water partition coefficient (Wildman–Crippen LogP) is 4.28. The number of para-hydroxylation sites is 1. The van der Waals surface area contributed by atoms with Crippen molar-refractivity contribution in [2.45, 2.75) is 24.8 Å². The maximum atomic E-state index is 13.6. The summed E-state index contributed by atoms with van der Waals surface area (Å²) in [5.74, 6) is 1.01. The number of benzene rings is 2. The Morgan fingerprint density at radius 1 is 1.09 bits per heavy atom. The molecule has 6 rings (SSSR count). The zero-order valence-corrected chi connectivity index (χ0v) is 17.9. The summed E-state index contributed by atoms with van der Waals surface area (Å²) in [4.78, 5) is 23.6. The fourth-order valence-corrected chi connectivity index (χ4v) is 4.72. The van der Waals surface area contributed by atoms with Crippen LogP contribution in [0.4, 0.5) is 4.39 Å². The molecule has 1 fully saturated rings. The SMILES string of the molecule is O=c1[nH]c2cc(F)ccc2n1C1CC(c2nnc(-c3ccncn3)n2-c2ccccc2Cl)C1. The van der Waals surface area contributed by atoms with Crippen LogP contribution in [0.2, 0.25) is 5.02 Å². The van der Waals surface area contributed by atoms with Gasteiger partial charge in [0.1, 0.15) is 23.7 Å². The van der Waals surface area contributed by atoms with Crippen LogP contribution in [-0.2, 0) is 0 Å². The highest BCUT2D eigenvalue weighted by Crippen LogP contribution is 2.46. The van der Waals surface area contributed by atoms with E-state index in [0.29, 0.717) is 40.4 Å². The number of halogens is 2. The van der Waals surface area contributed by atoms with E-state index < -0.39 is 0 Å². The van der Waals surface area contributed by atoms with Crippen LogP contribution < -0.4 is 5.69 Å². The highest BCUT2D eigenvalue weighted by molar-refractivity contribution is 6.32. The molecule has 8 nitrogen and oxygen atoms in total. The van der Waals surface area contributed by atoms with E-state index in [0.717, 1.165) is 11.5 Å². The Morgan fingerprint density at radius 3 is 2.73 bits per heavy atom. The van der Waals surface area contributed by atoms with E-state index in [1.54, 1.807) is 22.9 Å². The third-order valence-corrected chi connectivity index (χ3v) is 6.43. The molecule has 10 heteroatoms. The summed E-state index contributed by atoms with van der Waals surface area (Å²) in [5, 5.41) is 9.48. The van der Waals surface area contributed by atoms with Crippen molar-refractivity contribution in [3.8, 4) is 17.2 Å². The van der Waals surface area contributed by atoms with E-state index >= 15 is 0 Å². The van der Waals surface area contributed by atoms with E-state index in [1.165, 1.54) is 18.5 Å². The van der Waals surface area contributed by atoms with Crippen LogP contribution in [0.1, 0.15) is 30.6 Å². The third kappa shape index (κ3) is 3.23. The second-order valence-corrected chi connectivity index (χ2v) is 8.45. The molecule has 0 spiro atoms. The Balaban J connectivity index is 1.39. The molecule has 1 saturated carbocycles. The zero-order valence-electron chi connectivity index (χ0n) is 17.2. The van der Waals surface area contributed by atoms with Crippen molar-refractivity contribution in [2.75, 3.05) is 0 Å². The molecule has 0 radical (unpaired) electrons. The monoisotopic (exact) mass is 461 g/mol. The first kappa shape index (κ1) is 19.8. The summed E-state index contributed by atoms with van der Waals surface area (Å²) < 4.78 is 17.2. The minimum atomic E-state index is -0.382. The number of aromatic amines is 1. The molecule has 1 aliphatic rings. The molecule has 0 bridgehead atoms. The van der Waals surface area contributed by atoms with Crippen molar-refractivity contribution in [3.63, 3.8) is 0 Å². The summed E-state index contributed by atoms with van der Waals surface area (Å²) in [6, 6.07) is 13.6. The van der Waals surface area contributed by atoms with Crippen molar-refractivity contribution in [1.29, 1.82) is 0 Å². The molecule has 5 aromatic rings. The third-order valence-electron chi connectivity index (χ3n) is 6.11. The molecule has 0 unspecified atom stereocenters. The minimum Gasteiger partial charge on any atom is -0.305 e. The predicted molar refractivity (Wildman–Crippen MR) is 121 cm³/mol. The van der Waals surface area contributed by atoms with Gasteiger partial charge in [0.05, 0.1) is 21.7 Å². The first-order valence-electron chi connectivity index (χ1n) is 10.5. The normalized spacial score (nSPS) is 17.9. The maximum absolute atomic E-state index is 13.6. The van der Waals surface area contributed by atoms with Crippen LogP contribution >= 0.6 is 11.6 Å². The van der Waals surface area contributed by atoms with Gasteiger partial charge in [0.2, 0.25) is 0 Å². The number of aromatic nitrogens is 7. The van der Waals surface area contributed by atoms with Gasteiger partial charge in [0.25, 0.3) is 0 Å². The molecule has 0 aliphatic heterocycles. The van der Waals surface area contributed by atoms with Gasteiger partial charge in [-0.25, -0.2) is 19.2 Å². The zero-order chi connectivity index (χ0) is 22.5. The molecule has 3 aromatic heterocycles. The maximum Gasteiger partial charge on any atom is 0.326 e. The lowest BCUT2D eigenvalue weighted by atomic mass is 9.79. The summed E-state index contributed by atoms with van der Waals surface area (Å²) in [7, 11) is 0. The molecule has 1 N–H and O–H groups in total. The number of nitrogens with zero attached hydrogens (tertiary/aromatic N) is 6. The van der Waals surface area contributed by atoms with Gasteiger partial charge >= 0.3 is 5.69 Å². The fourth-order valence-electron chi connectivity index (χ4n) is 4.50. The van der Waals surface area contributed by atoms with Crippen molar-refractivity contribution in [3.05, 3.63) is 88.2 Å². The molecule has 164 valence electrons. The second-order valence-electron chi connectivity index (χ2n) is 8.05. The van der Waals surface area contributed by atoms with E-state index in [4.69, 9.17) is 11.6 Å². The van der Waals surface area contributed by atoms with E-state index in [1.807, 2.05) is 28.8 Å². The van der Waals surface area contributed by atoms with Crippen molar-refractivity contribution < 1.29 is 4.39 Å². The van der Waals surface area contributed by atoms with E-state index in [9.17, 15) is 9.18 Å². The summed E-state index contributed by atoms with van der Waals surface area (Å²) in [6.45, 7) is 0. The topological polar surface area (TPSA) is 94.3 Å². The lowest BCUT2D eigenvalue weighted by Gasteiger charge is -2.35. The molecule has 3 heterocycles. The van der Waals surface area contributed by atoms with Crippen LogP contribution in [-0.4, -0.2) is 34.3 Å². The fraction of sp³-hybridized carbons (Fsp3) is 0.174. The van der Waals surface area contributed by atoms with Gasteiger partial charge in [-0.2, -0.15) is 0 Å². The molecule has 2 aromatic carbocycles. The quantitative estimate of drug-likeness (QED) is 0.431. The van der Waals surface area contributed by atoms with Gasteiger partial charge in [-0.05, 0) is 49.2 Å². The van der Waals surface area contributed by atoms with Gasteiger partial charge < -0.3 is 4.98 Å². The lowest BCUT2D eigenvalue weighted by Crippen LogP contribution is -2.32. The van der Waals surface area contributed by atoms with Crippen LogP contribution in [0.3, 0.4) is 0 Å². The lowest BCUT2D eigenvalue weighted by molar-refractivity contribution is 0.254. The van der Waals surface area contributed by atoms with Gasteiger partial charge in [-0.15, -0.1) is 10.2 Å². The number of hydrogen-bond acceptors (Lipinski definition) is 5. The number of fused-ring (bicyclic) bond motifs is 1. The van der Waals surface area contributed by atoms with Gasteiger partial charge in [0.15, 0.2) is 5.82 Å². The van der Waals surface area contributed by atoms with Crippen molar-refractivity contribution in [1.82, 2.24) is 34.3 Å². The van der Waals surface area contributed by atoms with Gasteiger partial charge in [0, 0.05) is 18.2 Å². The molecule has 1 aliphatic carbocycles. The number of rotatable bonds is 4. The Labute approximate surface area is 191 Å². The van der Waals surface area contributed by atoms with Crippen molar-refractivity contribution in [2.24, 2.45) is 0 Å². The second kappa shape index (κ2) is 7.63. The average Bonchev–Trinajstić information content (AvgIpc) is 3.35. The van der Waals surface area contributed by atoms with Crippen LogP contribution in [0, 0.1) is 5.82 Å². The molecular formula is C23H17ClFN7O. The summed E-state index contributed by atoms with van der Waals surface area (Å²) in [6.07, 6.45) is 4.50. The number of hydrogen-bond donors (Lipinski definition) is 1. The van der Waals surface area contributed by atoms with E-state index in [-0.39, 0.29) is 23.5 Å². The van der Waals surface area contributed by atoms with Crippen molar-refractivity contribution >= 4 is 22.6 Å². The van der Waals surface area contributed by atoms with Gasteiger partial charge in [-0.3, -0.25) is 9.13 Å². The first-order chi connectivity index (χ1) is 16.1. The molecule has 0 atom stereocenters. The standard InChI is InChI=1S/C23H17ClFN7O/c24-16-3-1-2-4-19(16)32-21(29-30-22(32)17-7-8-26-12-27-17)13-9-15(10-13)31-20-6-5-14(25)11-18(20)28-23(31)33/h1-8,11-13,15H,9-10H2,(H,28,33). The molecule has 0 amide bonds. The Kier molecular flexibility index (Phi) is 4.58. The van der Waals surface area contributed by atoms with Crippen LogP contribution in [0.15, 0.2) is 65.8 Å². The van der Waals surface area contributed by atoms with Crippen LogP contribution in [0.25, 0.3) is 28.2 Å². The highest BCUT2D eigenvalue weighted by atomic mass is 35.5. The molecular weight excluding hydrogens is 445 g/mol. The number of H-pyrrole nitrogens is 1. The van der Waals surface area contributed by atoms with E-state index in [2.05, 4.69) is 25.1 Å². The first-order valence-corrected chi connectivity index (χ1v) is 10.8. The highest BCUT2D eigenvalue weighted by Gasteiger charge is 2.38. The summed E-state index contributed by atoms with van der Waals surface area (Å²) in [5.41, 5.74) is 2.34. The summed E-state index contributed by atoms with van der Waals surface area (Å²) >= 11 is 6.53. The Morgan fingerprint density at radius 2 is 1.94 bits per heavy atom. The number of imidazole rings is 1. The van der Waals surface area contributed by atoms with Crippen LogP contribution in [0.5, 0.6) is 0 Å². The number of nitrogens with one attached hydrogen (secondary N) is 1. The smallest absolute Gasteiger partial charge is 0.305 e. The largest absolute Gasteiger partial charge is 0.326 e. The Bertz CT molecular complexity index is 1540. The average molecular weight is 462 g/mol.